The Hall–Kier alpha value is -2.74. The third-order valence-electron chi connectivity index (χ3n) is 5.06. The van der Waals surface area contributed by atoms with Crippen molar-refractivity contribution in [2.24, 2.45) is 0 Å². The van der Waals surface area contributed by atoms with Gasteiger partial charge < -0.3 is 14.8 Å². The van der Waals surface area contributed by atoms with Crippen LogP contribution in [0.25, 0.3) is 0 Å². The topological polar surface area (TPSA) is 81.7 Å². The Kier molecular flexibility index (Phi) is 6.26. The van der Waals surface area contributed by atoms with E-state index in [4.69, 9.17) is 9.47 Å². The third-order valence-corrected chi connectivity index (χ3v) is 6.90. The summed E-state index contributed by atoms with van der Waals surface area (Å²) in [6.07, 6.45) is 6.41. The zero-order chi connectivity index (χ0) is 21.8. The summed E-state index contributed by atoms with van der Waals surface area (Å²) in [7, 11) is -0.747. The molecule has 0 saturated heterocycles. The largest absolute Gasteiger partial charge is 0.346 e. The van der Waals surface area contributed by atoms with Gasteiger partial charge in [-0.25, -0.2) is 8.42 Å². The number of hydrogen-bond donors (Lipinski definition) is 1. The Morgan fingerprint density at radius 2 is 1.47 bits per heavy atom. The van der Waals surface area contributed by atoms with Gasteiger partial charge in [-0.1, -0.05) is 48.0 Å². The van der Waals surface area contributed by atoms with Crippen molar-refractivity contribution in [1.29, 1.82) is 0 Å². The molecule has 0 spiro atoms. The van der Waals surface area contributed by atoms with Gasteiger partial charge in [0.05, 0.1) is 16.2 Å². The smallest absolute Gasteiger partial charge is 0.252 e. The molecule has 158 valence electrons. The highest BCUT2D eigenvalue weighted by molar-refractivity contribution is 7.91. The van der Waals surface area contributed by atoms with Gasteiger partial charge in [0.15, 0.2) is 9.84 Å². The van der Waals surface area contributed by atoms with Crippen LogP contribution < -0.4 is 5.32 Å². The lowest BCUT2D eigenvalue weighted by molar-refractivity contribution is -0.134. The summed E-state index contributed by atoms with van der Waals surface area (Å²) in [4.78, 5) is 13.0. The molecule has 2 aromatic carbocycles. The van der Waals surface area contributed by atoms with Crippen LogP contribution in [0.15, 0.2) is 83.8 Å². The summed E-state index contributed by atoms with van der Waals surface area (Å²) < 4.78 is 37.1. The molecule has 7 heteroatoms. The predicted molar refractivity (Wildman–Crippen MR) is 115 cm³/mol. The van der Waals surface area contributed by atoms with Crippen molar-refractivity contribution in [3.05, 3.63) is 90.0 Å². The van der Waals surface area contributed by atoms with Gasteiger partial charge in [0.2, 0.25) is 5.79 Å². The number of rotatable bonds is 7. The van der Waals surface area contributed by atoms with E-state index < -0.39 is 21.2 Å². The van der Waals surface area contributed by atoms with Crippen LogP contribution in [0, 0.1) is 6.92 Å². The lowest BCUT2D eigenvalue weighted by Gasteiger charge is -2.35. The van der Waals surface area contributed by atoms with Crippen molar-refractivity contribution in [2.75, 3.05) is 20.0 Å². The van der Waals surface area contributed by atoms with E-state index in [0.717, 1.165) is 5.56 Å². The van der Waals surface area contributed by atoms with Crippen LogP contribution in [-0.4, -0.2) is 45.6 Å². The monoisotopic (exact) mass is 427 g/mol. The fourth-order valence-corrected chi connectivity index (χ4v) is 4.84. The van der Waals surface area contributed by atoms with Crippen LogP contribution in [0.5, 0.6) is 0 Å². The third kappa shape index (κ3) is 4.70. The molecule has 0 radical (unpaired) electrons. The van der Waals surface area contributed by atoms with Crippen LogP contribution >= 0.6 is 0 Å². The van der Waals surface area contributed by atoms with Crippen molar-refractivity contribution in [3.8, 4) is 0 Å². The van der Waals surface area contributed by atoms with E-state index in [2.05, 4.69) is 5.32 Å². The second-order valence-electron chi connectivity index (χ2n) is 7.23. The van der Waals surface area contributed by atoms with Crippen LogP contribution in [0.4, 0.5) is 0 Å². The van der Waals surface area contributed by atoms with E-state index in [0.29, 0.717) is 5.56 Å². The normalized spacial score (nSPS) is 16.9. The average Bonchev–Trinajstić information content (AvgIpc) is 2.75. The molecule has 0 heterocycles. The van der Waals surface area contributed by atoms with Crippen LogP contribution in [0.3, 0.4) is 0 Å². The van der Waals surface area contributed by atoms with Crippen molar-refractivity contribution in [2.45, 2.75) is 23.1 Å². The molecule has 1 N–H and O–H groups in total. The maximum atomic E-state index is 13.2. The summed E-state index contributed by atoms with van der Waals surface area (Å²) in [6.45, 7) is 1.89. The fourth-order valence-electron chi connectivity index (χ4n) is 3.23. The Morgan fingerprint density at radius 1 is 0.900 bits per heavy atom. The number of carbonyl (C=O) groups is 1. The summed E-state index contributed by atoms with van der Waals surface area (Å²) in [5.74, 6) is -1.85. The van der Waals surface area contributed by atoms with E-state index in [1.54, 1.807) is 78.9 Å². The van der Waals surface area contributed by atoms with Gasteiger partial charge in [0.1, 0.15) is 0 Å². The van der Waals surface area contributed by atoms with Crippen LogP contribution in [-0.2, 0) is 19.3 Å². The number of sulfone groups is 1. The van der Waals surface area contributed by atoms with Crippen LogP contribution in [0.2, 0.25) is 0 Å². The average molecular weight is 428 g/mol. The number of hydrogen-bond acceptors (Lipinski definition) is 5. The van der Waals surface area contributed by atoms with Gasteiger partial charge in [-0.3, -0.25) is 4.79 Å². The van der Waals surface area contributed by atoms with Crippen LogP contribution in [0.1, 0.15) is 15.9 Å². The lowest BCUT2D eigenvalue weighted by Crippen LogP contribution is -2.52. The number of aryl methyl sites for hydroxylation is 1. The van der Waals surface area contributed by atoms with Gasteiger partial charge in [-0.15, -0.1) is 0 Å². The molecule has 6 nitrogen and oxygen atoms in total. The van der Waals surface area contributed by atoms with Gasteiger partial charge in [0, 0.05) is 19.8 Å². The van der Waals surface area contributed by atoms with Crippen molar-refractivity contribution in [1.82, 2.24) is 5.32 Å². The highest BCUT2D eigenvalue weighted by Crippen LogP contribution is 2.28. The van der Waals surface area contributed by atoms with Gasteiger partial charge in [-0.2, -0.15) is 0 Å². The molecule has 2 aromatic rings. The Morgan fingerprint density at radius 3 is 2.00 bits per heavy atom. The minimum atomic E-state index is -3.71. The number of nitrogens with one attached hydrogen (secondary N) is 1. The molecule has 0 bridgehead atoms. The Balaban J connectivity index is 1.97. The zero-order valence-corrected chi connectivity index (χ0v) is 18.0. The summed E-state index contributed by atoms with van der Waals surface area (Å²) in [5, 5.41) is 2.87. The molecule has 1 aliphatic rings. The number of methoxy groups -OCH3 is 2. The molecule has 0 aromatic heterocycles. The minimum absolute atomic E-state index is 0.193. The van der Waals surface area contributed by atoms with Gasteiger partial charge >= 0.3 is 0 Å². The second-order valence-corrected chi connectivity index (χ2v) is 9.22. The number of amides is 1. The summed E-state index contributed by atoms with van der Waals surface area (Å²) >= 11 is 0. The first kappa shape index (κ1) is 22.0. The van der Waals surface area contributed by atoms with Gasteiger partial charge in [0.25, 0.3) is 5.91 Å². The molecule has 30 heavy (non-hydrogen) atoms. The van der Waals surface area contributed by atoms with E-state index in [1.165, 1.54) is 14.2 Å². The molecule has 0 fully saturated rings. The minimum Gasteiger partial charge on any atom is -0.346 e. The molecule has 3 rings (SSSR count). The first-order chi connectivity index (χ1) is 14.2. The molecule has 1 aliphatic carbocycles. The number of carbonyl (C=O) groups excluding carboxylic acids is 1. The highest BCUT2D eigenvalue weighted by atomic mass is 32.2. The lowest BCUT2D eigenvalue weighted by atomic mass is 9.93. The van der Waals surface area contributed by atoms with E-state index in [-0.39, 0.29) is 16.6 Å². The highest BCUT2D eigenvalue weighted by Gasteiger charge is 2.39. The molecular formula is C23H25NO5S. The first-order valence-electron chi connectivity index (χ1n) is 9.41. The maximum Gasteiger partial charge on any atom is 0.252 e. The van der Waals surface area contributed by atoms with Crippen molar-refractivity contribution >= 4 is 15.7 Å². The molecule has 0 atom stereocenters. The standard InChI is InChI=1S/C23H25NO5S/c1-18-9-11-20(12-10-18)30(26,27)17-22(13-15-23(28-2,29-3)16-14-22)24-21(25)19-7-5-4-6-8-19/h4-16H,17H2,1-3H3,(H,24,25). The fraction of sp³-hybridized carbons (Fsp3) is 0.261. The summed E-state index contributed by atoms with van der Waals surface area (Å²) in [5.41, 5.74) is 0.127. The Labute approximate surface area is 177 Å². The summed E-state index contributed by atoms with van der Waals surface area (Å²) in [6, 6.07) is 15.3. The molecule has 0 saturated carbocycles. The molecular weight excluding hydrogens is 402 g/mol. The first-order valence-corrected chi connectivity index (χ1v) is 11.1. The molecule has 1 amide bonds. The van der Waals surface area contributed by atoms with Crippen molar-refractivity contribution < 1.29 is 22.7 Å². The SMILES string of the molecule is COC1(OC)C=CC(CS(=O)(=O)c2ccc(C)cc2)(NC(=O)c2ccccc2)C=C1. The Bertz CT molecular complexity index is 1040. The predicted octanol–water partition coefficient (Wildman–Crippen LogP) is 3.05. The van der Waals surface area contributed by atoms with E-state index in [9.17, 15) is 13.2 Å². The number of ether oxygens (including phenoxy) is 2. The van der Waals surface area contributed by atoms with Crippen molar-refractivity contribution in [3.63, 3.8) is 0 Å². The maximum absolute atomic E-state index is 13.2. The van der Waals surface area contributed by atoms with E-state index >= 15 is 0 Å². The zero-order valence-electron chi connectivity index (χ0n) is 17.2. The molecule has 0 unspecified atom stereocenters. The molecule has 0 aliphatic heterocycles. The van der Waals surface area contributed by atoms with E-state index in [1.807, 2.05) is 6.92 Å². The van der Waals surface area contributed by atoms with Gasteiger partial charge in [-0.05, 0) is 43.3 Å². The quantitative estimate of drug-likeness (QED) is 0.543. The number of benzene rings is 2. The second kappa shape index (κ2) is 8.55.